The highest BCUT2D eigenvalue weighted by atomic mass is 16.4. The molecule has 0 radical (unpaired) electrons. The van der Waals surface area contributed by atoms with Crippen molar-refractivity contribution in [3.63, 3.8) is 0 Å². The molecule has 0 spiro atoms. The van der Waals surface area contributed by atoms with Crippen LogP contribution in [-0.4, -0.2) is 48.5 Å². The van der Waals surface area contributed by atoms with E-state index >= 15 is 0 Å². The fourth-order valence-electron chi connectivity index (χ4n) is 1.86. The molecule has 23 heavy (non-hydrogen) atoms. The van der Waals surface area contributed by atoms with E-state index in [2.05, 4.69) is 20.6 Å². The standard InChI is InChI=1S/C13H16N6O4/c1-18-6-5-14-10(18)13(23)17-8-7-19(2)11(16-8)12(22)15-4-3-9(20)21/h5-7H,3-4H2,1-2H3,(H,15,22)(H,17,23)(H,20,21). The number of imidazole rings is 2. The number of nitrogens with zero attached hydrogens (tertiary/aromatic N) is 4. The van der Waals surface area contributed by atoms with Crippen LogP contribution in [0.1, 0.15) is 27.7 Å². The zero-order valence-corrected chi connectivity index (χ0v) is 12.6. The molecule has 0 aliphatic carbocycles. The van der Waals surface area contributed by atoms with Crippen molar-refractivity contribution in [2.24, 2.45) is 14.1 Å². The average Bonchev–Trinajstić information content (AvgIpc) is 3.04. The van der Waals surface area contributed by atoms with Crippen LogP contribution >= 0.6 is 0 Å². The van der Waals surface area contributed by atoms with Gasteiger partial charge in [0.25, 0.3) is 11.8 Å². The maximum Gasteiger partial charge on any atom is 0.305 e. The Kier molecular flexibility index (Phi) is 4.74. The van der Waals surface area contributed by atoms with E-state index in [0.29, 0.717) is 0 Å². The number of rotatable bonds is 6. The van der Waals surface area contributed by atoms with Gasteiger partial charge < -0.3 is 24.9 Å². The maximum atomic E-state index is 12.0. The first-order valence-corrected chi connectivity index (χ1v) is 6.70. The minimum Gasteiger partial charge on any atom is -0.481 e. The molecule has 2 rings (SSSR count). The molecule has 2 aromatic rings. The fourth-order valence-corrected chi connectivity index (χ4v) is 1.86. The summed E-state index contributed by atoms with van der Waals surface area (Å²) >= 11 is 0. The lowest BCUT2D eigenvalue weighted by atomic mass is 10.4. The summed E-state index contributed by atoms with van der Waals surface area (Å²) in [6.45, 7) is -0.00398. The van der Waals surface area contributed by atoms with E-state index in [-0.39, 0.29) is 30.4 Å². The van der Waals surface area contributed by atoms with Crippen molar-refractivity contribution >= 4 is 23.6 Å². The summed E-state index contributed by atoms with van der Waals surface area (Å²) in [5, 5.41) is 13.5. The average molecular weight is 320 g/mol. The monoisotopic (exact) mass is 320 g/mol. The fraction of sp³-hybridized carbons (Fsp3) is 0.308. The van der Waals surface area contributed by atoms with Crippen LogP contribution in [0.15, 0.2) is 18.6 Å². The summed E-state index contributed by atoms with van der Waals surface area (Å²) in [5.74, 6) is -1.51. The molecule has 0 aliphatic heterocycles. The zero-order valence-electron chi connectivity index (χ0n) is 12.6. The number of aliphatic carboxylic acids is 1. The van der Waals surface area contributed by atoms with Gasteiger partial charge in [-0.05, 0) is 0 Å². The Morgan fingerprint density at radius 2 is 1.91 bits per heavy atom. The number of nitrogens with one attached hydrogen (secondary N) is 2. The van der Waals surface area contributed by atoms with Crippen molar-refractivity contribution < 1.29 is 19.5 Å². The van der Waals surface area contributed by atoms with Crippen molar-refractivity contribution in [2.75, 3.05) is 11.9 Å². The second kappa shape index (κ2) is 6.73. The number of aryl methyl sites for hydroxylation is 2. The van der Waals surface area contributed by atoms with Crippen LogP contribution in [0.5, 0.6) is 0 Å². The molecule has 0 aromatic carbocycles. The molecular formula is C13H16N6O4. The Morgan fingerprint density at radius 1 is 1.17 bits per heavy atom. The van der Waals surface area contributed by atoms with Gasteiger partial charge in [0.15, 0.2) is 11.6 Å². The van der Waals surface area contributed by atoms with E-state index in [1.165, 1.54) is 17.0 Å². The Hall–Kier alpha value is -3.17. The van der Waals surface area contributed by atoms with Gasteiger partial charge in [-0.25, -0.2) is 9.97 Å². The first-order chi connectivity index (χ1) is 10.9. The minimum atomic E-state index is -1.01. The predicted molar refractivity (Wildman–Crippen MR) is 79.0 cm³/mol. The van der Waals surface area contributed by atoms with Crippen LogP contribution in [0, 0.1) is 0 Å². The molecule has 3 N–H and O–H groups in total. The van der Waals surface area contributed by atoms with E-state index in [9.17, 15) is 14.4 Å². The highest BCUT2D eigenvalue weighted by molar-refractivity contribution is 6.01. The first-order valence-electron chi connectivity index (χ1n) is 6.70. The number of amides is 2. The second-order valence-corrected chi connectivity index (χ2v) is 4.78. The van der Waals surface area contributed by atoms with Crippen molar-refractivity contribution in [3.8, 4) is 0 Å². The number of carboxylic acid groups (broad SMARTS) is 1. The number of carbonyl (C=O) groups excluding carboxylic acids is 2. The van der Waals surface area contributed by atoms with Crippen molar-refractivity contribution in [1.29, 1.82) is 0 Å². The third-order valence-corrected chi connectivity index (χ3v) is 2.97. The van der Waals surface area contributed by atoms with Crippen molar-refractivity contribution in [3.05, 3.63) is 30.2 Å². The maximum absolute atomic E-state index is 12.0. The summed E-state index contributed by atoms with van der Waals surface area (Å²) in [6, 6.07) is 0. The van der Waals surface area contributed by atoms with Crippen LogP contribution in [-0.2, 0) is 18.9 Å². The summed E-state index contributed by atoms with van der Waals surface area (Å²) in [7, 11) is 3.27. The van der Waals surface area contributed by atoms with E-state index in [0.717, 1.165) is 0 Å². The van der Waals surface area contributed by atoms with Crippen molar-refractivity contribution in [2.45, 2.75) is 6.42 Å². The predicted octanol–water partition coefficient (Wildman–Crippen LogP) is -0.390. The molecule has 0 saturated heterocycles. The molecule has 0 atom stereocenters. The Balaban J connectivity index is 2.03. The Labute approximate surface area is 131 Å². The van der Waals surface area contributed by atoms with Gasteiger partial charge >= 0.3 is 5.97 Å². The SMILES string of the molecule is Cn1cc(NC(=O)c2nccn2C)nc1C(=O)NCCC(=O)O. The van der Waals surface area contributed by atoms with Gasteiger partial charge in [-0.2, -0.15) is 0 Å². The van der Waals surface area contributed by atoms with Crippen LogP contribution in [0.2, 0.25) is 0 Å². The molecule has 0 fully saturated rings. The van der Waals surface area contributed by atoms with Gasteiger partial charge in [0.2, 0.25) is 5.82 Å². The zero-order chi connectivity index (χ0) is 17.0. The summed E-state index contributed by atoms with van der Waals surface area (Å²) < 4.78 is 2.99. The molecule has 0 saturated carbocycles. The quantitative estimate of drug-likeness (QED) is 0.664. The van der Waals surface area contributed by atoms with E-state index < -0.39 is 17.8 Å². The third kappa shape index (κ3) is 3.93. The highest BCUT2D eigenvalue weighted by Crippen LogP contribution is 2.08. The topological polar surface area (TPSA) is 131 Å². The lowest BCUT2D eigenvalue weighted by Gasteiger charge is -2.02. The molecule has 10 heteroatoms. The molecule has 2 aromatic heterocycles. The first kappa shape index (κ1) is 16.2. The van der Waals surface area contributed by atoms with Crippen LogP contribution < -0.4 is 10.6 Å². The van der Waals surface area contributed by atoms with Gasteiger partial charge in [0, 0.05) is 39.2 Å². The summed E-state index contributed by atoms with van der Waals surface area (Å²) in [4.78, 5) is 42.3. The smallest absolute Gasteiger partial charge is 0.305 e. The number of hydrogen-bond donors (Lipinski definition) is 3. The lowest BCUT2D eigenvalue weighted by molar-refractivity contribution is -0.136. The number of hydrogen-bond acceptors (Lipinski definition) is 5. The third-order valence-electron chi connectivity index (χ3n) is 2.97. The minimum absolute atomic E-state index is 0.00398. The summed E-state index contributed by atoms with van der Waals surface area (Å²) in [5.41, 5.74) is 0. The molecule has 0 aliphatic rings. The molecule has 122 valence electrons. The molecule has 0 unspecified atom stereocenters. The number of carbonyl (C=O) groups is 3. The number of carboxylic acids is 1. The highest BCUT2D eigenvalue weighted by Gasteiger charge is 2.17. The molecule has 2 heterocycles. The summed E-state index contributed by atoms with van der Waals surface area (Å²) in [6.07, 6.45) is 4.43. The molecule has 0 bridgehead atoms. The van der Waals surface area contributed by atoms with E-state index in [1.807, 2.05) is 0 Å². The van der Waals surface area contributed by atoms with Crippen LogP contribution in [0.4, 0.5) is 5.82 Å². The van der Waals surface area contributed by atoms with E-state index in [1.54, 1.807) is 24.9 Å². The largest absolute Gasteiger partial charge is 0.481 e. The van der Waals surface area contributed by atoms with Gasteiger partial charge in [-0.3, -0.25) is 14.4 Å². The van der Waals surface area contributed by atoms with Crippen molar-refractivity contribution in [1.82, 2.24) is 24.4 Å². The normalized spacial score (nSPS) is 10.3. The second-order valence-electron chi connectivity index (χ2n) is 4.78. The van der Waals surface area contributed by atoms with Gasteiger partial charge in [0.05, 0.1) is 6.42 Å². The lowest BCUT2D eigenvalue weighted by Crippen LogP contribution is -2.28. The molecular weight excluding hydrogens is 304 g/mol. The van der Waals surface area contributed by atoms with Gasteiger partial charge in [-0.1, -0.05) is 0 Å². The Bertz CT molecular complexity index is 747. The number of aromatic nitrogens is 4. The Morgan fingerprint density at radius 3 is 2.52 bits per heavy atom. The number of anilines is 1. The van der Waals surface area contributed by atoms with Crippen LogP contribution in [0.3, 0.4) is 0 Å². The van der Waals surface area contributed by atoms with Gasteiger partial charge in [-0.15, -0.1) is 0 Å². The molecule has 10 nitrogen and oxygen atoms in total. The van der Waals surface area contributed by atoms with Gasteiger partial charge in [0.1, 0.15) is 0 Å². The van der Waals surface area contributed by atoms with Crippen LogP contribution in [0.25, 0.3) is 0 Å². The van der Waals surface area contributed by atoms with E-state index in [4.69, 9.17) is 5.11 Å². The molecule has 2 amide bonds.